The van der Waals surface area contributed by atoms with Gasteiger partial charge in [0.1, 0.15) is 21.3 Å². The van der Waals surface area contributed by atoms with Crippen LogP contribution in [0.3, 0.4) is 0 Å². The zero-order valence-corrected chi connectivity index (χ0v) is 32.1. The van der Waals surface area contributed by atoms with Gasteiger partial charge in [-0.3, -0.25) is 19.2 Å². The third-order valence-electron chi connectivity index (χ3n) is 9.41. The zero-order valence-electron chi connectivity index (χ0n) is 30.5. The minimum Gasteiger partial charge on any atom is -0.457 e. The Morgan fingerprint density at radius 2 is 0.807 bits per heavy atom. The van der Waals surface area contributed by atoms with Gasteiger partial charge in [0.25, 0.3) is 23.6 Å². The van der Waals surface area contributed by atoms with Crippen LogP contribution in [0.1, 0.15) is 41.4 Å². The summed E-state index contributed by atoms with van der Waals surface area (Å²) in [5.41, 5.74) is 0.401. The van der Waals surface area contributed by atoms with E-state index in [0.717, 1.165) is 0 Å². The van der Waals surface area contributed by atoms with Crippen molar-refractivity contribution in [1.29, 1.82) is 0 Å². The second-order valence-corrected chi connectivity index (χ2v) is 16.4. The van der Waals surface area contributed by atoms with Gasteiger partial charge in [0.2, 0.25) is 0 Å². The lowest BCUT2D eigenvalue weighted by Gasteiger charge is -2.19. The molecule has 0 N–H and O–H groups in total. The zero-order chi connectivity index (χ0) is 40.6. The Balaban J connectivity index is 1.02. The van der Waals surface area contributed by atoms with Crippen LogP contribution in [0.5, 0.6) is 11.5 Å². The molecule has 0 aromatic heterocycles. The number of rotatable bonds is 10. The Labute approximate surface area is 325 Å². The van der Waals surface area contributed by atoms with Crippen LogP contribution in [-0.4, -0.2) is 78.8 Å². The van der Waals surface area contributed by atoms with Crippen LogP contribution in [0.2, 0.25) is 0 Å². The normalized spacial score (nSPS) is 14.1. The molecule has 0 atom stereocenters. The highest BCUT2D eigenvalue weighted by Gasteiger charge is 2.43. The number of amides is 4. The van der Waals surface area contributed by atoms with Crippen molar-refractivity contribution in [2.75, 3.05) is 38.0 Å². The molecular weight excluding hydrogens is 777 g/mol. The lowest BCUT2D eigenvalue weighted by Crippen LogP contribution is -2.32. The lowest BCUT2D eigenvalue weighted by molar-refractivity contribution is -0.0107. The van der Waals surface area contributed by atoms with Gasteiger partial charge in [-0.05, 0) is 71.4 Å². The first kappa shape index (κ1) is 37.3. The summed E-state index contributed by atoms with van der Waals surface area (Å²) in [6.45, 7) is 0. The number of imide groups is 2. The lowest BCUT2D eigenvalue weighted by atomic mass is 10.1. The molecule has 15 nitrogen and oxygen atoms in total. The third-order valence-corrected chi connectivity index (χ3v) is 11.9. The smallest absolute Gasteiger partial charge is 0.318 e. The van der Waals surface area contributed by atoms with E-state index in [9.17, 15) is 36.0 Å². The summed E-state index contributed by atoms with van der Waals surface area (Å²) in [7, 11) is -2.46. The highest BCUT2D eigenvalue weighted by Crippen LogP contribution is 2.38. The quantitative estimate of drug-likeness (QED) is 0.153. The third kappa shape index (κ3) is 6.22. The Morgan fingerprint density at radius 1 is 0.456 bits per heavy atom. The van der Waals surface area contributed by atoms with Gasteiger partial charge in [-0.15, -0.1) is 18.7 Å². The van der Waals surface area contributed by atoms with Crippen molar-refractivity contribution in [2.45, 2.75) is 9.79 Å². The Kier molecular flexibility index (Phi) is 8.84. The molecular formula is C40H30N4O11S2. The van der Waals surface area contributed by atoms with Crippen molar-refractivity contribution < 1.29 is 49.3 Å². The van der Waals surface area contributed by atoms with Crippen molar-refractivity contribution in [3.8, 4) is 11.5 Å². The molecule has 6 aromatic rings. The molecule has 288 valence electrons. The maximum atomic E-state index is 13.6. The molecule has 0 radical (unpaired) electrons. The molecule has 2 aliphatic rings. The summed E-state index contributed by atoms with van der Waals surface area (Å²) in [6, 6.07) is 27.1. The Hall–Kier alpha value is -6.66. The molecule has 0 fully saturated rings. The summed E-state index contributed by atoms with van der Waals surface area (Å²) in [6.07, 6.45) is 0. The second kappa shape index (κ2) is 13.5. The van der Waals surface area contributed by atoms with Crippen LogP contribution in [0.25, 0.3) is 21.5 Å². The molecule has 57 heavy (non-hydrogen) atoms. The summed E-state index contributed by atoms with van der Waals surface area (Å²) in [5.74, 6) is -4.16. The van der Waals surface area contributed by atoms with Crippen LogP contribution < -0.4 is 14.5 Å². The standard InChI is InChI=1S/C40H30N4O11S2/c1-41(2)31-13-5-9-23-11-7-15-33(35(23)31)56(49,50)54-43-37(45)27-19-17-25(21-29(27)39(43)47)53-26-18-20-28-30(22-26)40(48)44(38(28)46)55-57(51,52)34-16-8-12-24-10-6-14-32(36(24)34)42(3)4/h5-22H,1-4H3. The SMILES string of the molecule is CN(C)c1cccc2cccc(S(=O)(=O)ON3C(=O)c4ccc(Oc5ccc6c(c5)C(=O)N(OS(=O)(=O)c5cccc7cccc(N(C)C)c57)C6=O)cc4C3=O)c12. The number of hydroxylamine groups is 4. The number of carbonyl (C=O) groups excluding carboxylic acids is 4. The van der Waals surface area contributed by atoms with Gasteiger partial charge in [0.15, 0.2) is 0 Å². The van der Waals surface area contributed by atoms with Gasteiger partial charge < -0.3 is 14.5 Å². The van der Waals surface area contributed by atoms with E-state index in [1.807, 2.05) is 0 Å². The molecule has 17 heteroatoms. The molecule has 0 spiro atoms. The number of fused-ring (bicyclic) bond motifs is 4. The number of benzene rings is 6. The molecule has 0 saturated heterocycles. The number of hydrogen-bond donors (Lipinski definition) is 0. The number of carbonyl (C=O) groups is 4. The number of ether oxygens (including phenoxy) is 1. The Bertz CT molecular complexity index is 2770. The van der Waals surface area contributed by atoms with E-state index in [-0.39, 0.29) is 53.7 Å². The number of nitrogens with zero attached hydrogens (tertiary/aromatic N) is 4. The second-order valence-electron chi connectivity index (χ2n) is 13.4. The highest BCUT2D eigenvalue weighted by molar-refractivity contribution is 7.87. The van der Waals surface area contributed by atoms with Gasteiger partial charge in [0.05, 0.1) is 22.3 Å². The monoisotopic (exact) mass is 806 g/mol. The van der Waals surface area contributed by atoms with Crippen LogP contribution in [0.15, 0.2) is 119 Å². The first-order valence-corrected chi connectivity index (χ1v) is 19.9. The Morgan fingerprint density at radius 3 is 1.18 bits per heavy atom. The fraction of sp³-hybridized carbons (Fsp3) is 0.100. The molecule has 2 aliphatic heterocycles. The van der Waals surface area contributed by atoms with Crippen LogP contribution in [0.4, 0.5) is 11.4 Å². The largest absolute Gasteiger partial charge is 0.457 e. The van der Waals surface area contributed by atoms with Crippen LogP contribution >= 0.6 is 0 Å². The molecule has 0 saturated carbocycles. The molecule has 0 aliphatic carbocycles. The van der Waals surface area contributed by atoms with Crippen molar-refractivity contribution in [1.82, 2.24) is 10.1 Å². The molecule has 6 aromatic carbocycles. The summed E-state index contributed by atoms with van der Waals surface area (Å²) in [4.78, 5) is 56.5. The minimum absolute atomic E-state index is 0.00402. The first-order valence-electron chi connectivity index (χ1n) is 17.1. The van der Waals surface area contributed by atoms with Gasteiger partial charge in [-0.1, -0.05) is 48.5 Å². The van der Waals surface area contributed by atoms with Crippen molar-refractivity contribution in [3.63, 3.8) is 0 Å². The van der Waals surface area contributed by atoms with E-state index in [4.69, 9.17) is 13.3 Å². The topological polar surface area (TPSA) is 177 Å². The first-order chi connectivity index (χ1) is 27.1. The number of anilines is 2. The maximum Gasteiger partial charge on any atom is 0.318 e. The highest BCUT2D eigenvalue weighted by atomic mass is 32.2. The van der Waals surface area contributed by atoms with E-state index in [2.05, 4.69) is 0 Å². The van der Waals surface area contributed by atoms with Gasteiger partial charge in [-0.25, -0.2) is 0 Å². The summed E-state index contributed by atoms with van der Waals surface area (Å²) >= 11 is 0. The average Bonchev–Trinajstić information content (AvgIpc) is 3.55. The van der Waals surface area contributed by atoms with E-state index in [0.29, 0.717) is 32.9 Å². The average molecular weight is 807 g/mol. The fourth-order valence-electron chi connectivity index (χ4n) is 6.81. The van der Waals surface area contributed by atoms with E-state index in [1.165, 1.54) is 60.7 Å². The van der Waals surface area contributed by atoms with Crippen LogP contribution in [-0.2, 0) is 28.8 Å². The predicted octanol–water partition coefficient (Wildman–Crippen LogP) is 5.75. The van der Waals surface area contributed by atoms with Crippen molar-refractivity contribution >= 4 is 76.8 Å². The van der Waals surface area contributed by atoms with E-state index < -0.39 is 43.9 Å². The van der Waals surface area contributed by atoms with Crippen molar-refractivity contribution in [2.24, 2.45) is 0 Å². The van der Waals surface area contributed by atoms with Gasteiger partial charge in [-0.2, -0.15) is 16.8 Å². The van der Waals surface area contributed by atoms with E-state index >= 15 is 0 Å². The van der Waals surface area contributed by atoms with Crippen LogP contribution in [0, 0.1) is 0 Å². The fourth-order valence-corrected chi connectivity index (χ4v) is 9.07. The van der Waals surface area contributed by atoms with E-state index in [1.54, 1.807) is 86.5 Å². The molecule has 0 bridgehead atoms. The van der Waals surface area contributed by atoms with Gasteiger partial charge in [0, 0.05) is 50.3 Å². The summed E-state index contributed by atoms with van der Waals surface area (Å²) in [5, 5.41) is 2.21. The molecule has 2 heterocycles. The molecule has 4 amide bonds. The summed E-state index contributed by atoms with van der Waals surface area (Å²) < 4.78 is 70.8. The van der Waals surface area contributed by atoms with Crippen molar-refractivity contribution in [3.05, 3.63) is 131 Å². The molecule has 8 rings (SSSR count). The predicted molar refractivity (Wildman–Crippen MR) is 207 cm³/mol. The molecule has 0 unspecified atom stereocenters. The maximum absolute atomic E-state index is 13.6. The minimum atomic E-state index is -4.72. The number of hydrogen-bond acceptors (Lipinski definition) is 13. The van der Waals surface area contributed by atoms with Gasteiger partial charge >= 0.3 is 20.2 Å².